The van der Waals surface area contributed by atoms with Gasteiger partial charge in [-0.3, -0.25) is 0 Å². The first-order valence-corrected chi connectivity index (χ1v) is 14.5. The molecule has 0 radical (unpaired) electrons. The van der Waals surface area contributed by atoms with Gasteiger partial charge in [-0.2, -0.15) is 0 Å². The first kappa shape index (κ1) is 23.7. The number of fused-ring (bicyclic) bond motifs is 5. The summed E-state index contributed by atoms with van der Waals surface area (Å²) in [5.41, 5.74) is 12.1. The van der Waals surface area contributed by atoms with Gasteiger partial charge < -0.3 is 0 Å². The predicted octanol–water partition coefficient (Wildman–Crippen LogP) is 10.8. The minimum absolute atomic E-state index is 0.0333. The molecule has 0 nitrogen and oxygen atoms in total. The van der Waals surface area contributed by atoms with E-state index < -0.39 is 0 Å². The van der Waals surface area contributed by atoms with E-state index in [0.29, 0.717) is 0 Å². The van der Waals surface area contributed by atoms with Crippen molar-refractivity contribution in [1.82, 2.24) is 0 Å². The molecule has 0 spiro atoms. The molecule has 1 heteroatoms. The largest absolute Gasteiger partial charge is 0.0616 e. The fraction of sp³-hybridized carbons (Fsp3) is 0.135. The Bertz CT molecular complexity index is 1820. The van der Waals surface area contributed by atoms with Gasteiger partial charge in [-0.05, 0) is 119 Å². The molecule has 0 saturated carbocycles. The average Bonchev–Trinajstić information content (AvgIpc) is 3.17. The van der Waals surface area contributed by atoms with E-state index in [1.807, 2.05) is 0 Å². The standard InChI is InChI=1S/C37H29I/c1-4-23-13-15-24(16-14-23)35-29-9-5-7-11-31(29)36(32-12-8-6-10-30(32)35)25-17-19-27-28-20-18-26(38)22-34(28)37(2,3)33(27)21-25/h5-22H,4H2,1-3H3. The van der Waals surface area contributed by atoms with E-state index in [0.717, 1.165) is 6.42 Å². The smallest absolute Gasteiger partial charge is 0.0159 e. The third-order valence-electron chi connectivity index (χ3n) is 8.51. The lowest BCUT2D eigenvalue weighted by molar-refractivity contribution is 0.660. The van der Waals surface area contributed by atoms with Gasteiger partial charge in [0.1, 0.15) is 0 Å². The zero-order valence-corrected chi connectivity index (χ0v) is 24.1. The number of hydrogen-bond donors (Lipinski definition) is 0. The molecular formula is C37H29I. The highest BCUT2D eigenvalue weighted by molar-refractivity contribution is 14.1. The Kier molecular flexibility index (Phi) is 5.49. The van der Waals surface area contributed by atoms with E-state index >= 15 is 0 Å². The summed E-state index contributed by atoms with van der Waals surface area (Å²) < 4.78 is 1.29. The van der Waals surface area contributed by atoms with Gasteiger partial charge in [-0.1, -0.05) is 112 Å². The number of aryl methyl sites for hydroxylation is 1. The van der Waals surface area contributed by atoms with Crippen LogP contribution in [0.15, 0.2) is 109 Å². The molecule has 0 unspecified atom stereocenters. The number of halogens is 1. The minimum atomic E-state index is -0.0333. The van der Waals surface area contributed by atoms with Crippen LogP contribution >= 0.6 is 22.6 Å². The van der Waals surface area contributed by atoms with Gasteiger partial charge in [0, 0.05) is 8.99 Å². The summed E-state index contributed by atoms with van der Waals surface area (Å²) in [5.74, 6) is 0. The van der Waals surface area contributed by atoms with Crippen LogP contribution in [0.3, 0.4) is 0 Å². The van der Waals surface area contributed by atoms with Crippen molar-refractivity contribution in [2.45, 2.75) is 32.6 Å². The van der Waals surface area contributed by atoms with E-state index in [9.17, 15) is 0 Å². The van der Waals surface area contributed by atoms with Crippen LogP contribution in [0.4, 0.5) is 0 Å². The lowest BCUT2D eigenvalue weighted by Crippen LogP contribution is -2.15. The fourth-order valence-corrected chi connectivity index (χ4v) is 7.01. The molecule has 0 heterocycles. The van der Waals surface area contributed by atoms with Crippen LogP contribution in [0.25, 0.3) is 54.9 Å². The van der Waals surface area contributed by atoms with Crippen molar-refractivity contribution in [3.8, 4) is 33.4 Å². The Morgan fingerprint density at radius 2 is 1.03 bits per heavy atom. The zero-order chi connectivity index (χ0) is 26.0. The minimum Gasteiger partial charge on any atom is -0.0616 e. The molecule has 0 N–H and O–H groups in total. The summed E-state index contributed by atoms with van der Waals surface area (Å²) in [5, 5.41) is 5.23. The van der Waals surface area contributed by atoms with Crippen LogP contribution < -0.4 is 0 Å². The normalized spacial score (nSPS) is 13.6. The monoisotopic (exact) mass is 600 g/mol. The van der Waals surface area contributed by atoms with Crippen molar-refractivity contribution in [3.05, 3.63) is 129 Å². The summed E-state index contributed by atoms with van der Waals surface area (Å²) >= 11 is 2.44. The quantitative estimate of drug-likeness (QED) is 0.140. The molecule has 0 saturated heterocycles. The lowest BCUT2D eigenvalue weighted by Gasteiger charge is -2.23. The molecule has 6 aromatic rings. The van der Waals surface area contributed by atoms with Crippen LogP contribution in [-0.2, 0) is 11.8 Å². The second-order valence-corrected chi connectivity index (χ2v) is 12.2. The van der Waals surface area contributed by atoms with Crippen LogP contribution in [0, 0.1) is 3.57 Å². The van der Waals surface area contributed by atoms with E-state index in [-0.39, 0.29) is 5.41 Å². The lowest BCUT2D eigenvalue weighted by atomic mass is 9.80. The molecule has 0 bridgehead atoms. The van der Waals surface area contributed by atoms with Crippen molar-refractivity contribution in [3.63, 3.8) is 0 Å². The molecule has 0 amide bonds. The highest BCUT2D eigenvalue weighted by Crippen LogP contribution is 2.51. The van der Waals surface area contributed by atoms with Crippen LogP contribution in [-0.4, -0.2) is 0 Å². The number of benzene rings is 6. The predicted molar refractivity (Wildman–Crippen MR) is 172 cm³/mol. The summed E-state index contributed by atoms with van der Waals surface area (Å²) in [6.07, 6.45) is 1.05. The number of hydrogen-bond acceptors (Lipinski definition) is 0. The molecule has 1 aliphatic carbocycles. The second kappa shape index (κ2) is 8.81. The summed E-state index contributed by atoms with van der Waals surface area (Å²) in [7, 11) is 0. The van der Waals surface area contributed by atoms with Crippen molar-refractivity contribution < 1.29 is 0 Å². The Morgan fingerprint density at radius 1 is 0.553 bits per heavy atom. The fourth-order valence-electron chi connectivity index (χ4n) is 6.52. The van der Waals surface area contributed by atoms with Crippen LogP contribution in [0.1, 0.15) is 37.5 Å². The maximum Gasteiger partial charge on any atom is 0.0159 e. The first-order chi connectivity index (χ1) is 18.5. The third-order valence-corrected chi connectivity index (χ3v) is 9.18. The summed E-state index contributed by atoms with van der Waals surface area (Å²) in [6, 6.07) is 41.1. The Hall–Kier alpha value is -3.43. The van der Waals surface area contributed by atoms with Crippen molar-refractivity contribution in [1.29, 1.82) is 0 Å². The average molecular weight is 601 g/mol. The highest BCUT2D eigenvalue weighted by Gasteiger charge is 2.35. The van der Waals surface area contributed by atoms with Gasteiger partial charge in [0.25, 0.3) is 0 Å². The third kappa shape index (κ3) is 3.48. The molecule has 38 heavy (non-hydrogen) atoms. The van der Waals surface area contributed by atoms with Gasteiger partial charge in [0.15, 0.2) is 0 Å². The maximum absolute atomic E-state index is 2.46. The van der Waals surface area contributed by atoms with E-state index in [1.54, 1.807) is 0 Å². The first-order valence-electron chi connectivity index (χ1n) is 13.5. The topological polar surface area (TPSA) is 0 Å². The van der Waals surface area contributed by atoms with Gasteiger partial charge in [0.2, 0.25) is 0 Å². The molecule has 0 fully saturated rings. The molecule has 1 aliphatic rings. The van der Waals surface area contributed by atoms with Crippen molar-refractivity contribution >= 4 is 44.1 Å². The van der Waals surface area contributed by atoms with E-state index in [1.165, 1.54) is 75.2 Å². The van der Waals surface area contributed by atoms with Gasteiger partial charge in [0.05, 0.1) is 0 Å². The van der Waals surface area contributed by atoms with E-state index in [4.69, 9.17) is 0 Å². The van der Waals surface area contributed by atoms with Gasteiger partial charge in [-0.25, -0.2) is 0 Å². The molecule has 0 aliphatic heterocycles. The SMILES string of the molecule is CCc1ccc(-c2c3ccccc3c(-c3ccc4c(c3)C(C)(C)c3cc(I)ccc3-4)c3ccccc23)cc1. The molecule has 0 atom stereocenters. The summed E-state index contributed by atoms with van der Waals surface area (Å²) in [4.78, 5) is 0. The number of rotatable bonds is 3. The van der Waals surface area contributed by atoms with Gasteiger partial charge in [-0.15, -0.1) is 0 Å². The summed E-state index contributed by atoms with van der Waals surface area (Å²) in [6.45, 7) is 6.96. The Morgan fingerprint density at radius 3 is 1.58 bits per heavy atom. The van der Waals surface area contributed by atoms with Gasteiger partial charge >= 0.3 is 0 Å². The van der Waals surface area contributed by atoms with E-state index in [2.05, 4.69) is 153 Å². The maximum atomic E-state index is 2.46. The molecule has 0 aromatic heterocycles. The van der Waals surface area contributed by atoms with Crippen molar-refractivity contribution in [2.75, 3.05) is 0 Å². The Labute approximate surface area is 238 Å². The van der Waals surface area contributed by atoms with Crippen LogP contribution in [0.2, 0.25) is 0 Å². The Balaban J connectivity index is 1.52. The highest BCUT2D eigenvalue weighted by atomic mass is 127. The van der Waals surface area contributed by atoms with Crippen molar-refractivity contribution in [2.24, 2.45) is 0 Å². The molecular weight excluding hydrogens is 571 g/mol. The molecule has 6 aromatic carbocycles. The van der Waals surface area contributed by atoms with Crippen LogP contribution in [0.5, 0.6) is 0 Å². The molecule has 7 rings (SSSR count). The zero-order valence-electron chi connectivity index (χ0n) is 22.0. The molecule has 184 valence electrons. The second-order valence-electron chi connectivity index (χ2n) is 11.0.